The van der Waals surface area contributed by atoms with Gasteiger partial charge >= 0.3 is 0 Å². The van der Waals surface area contributed by atoms with Gasteiger partial charge in [0, 0.05) is 14.9 Å². The van der Waals surface area contributed by atoms with E-state index in [1.807, 2.05) is 25.1 Å². The minimum Gasteiger partial charge on any atom is -0.347 e. The van der Waals surface area contributed by atoms with Gasteiger partial charge in [0.05, 0.1) is 6.54 Å². The summed E-state index contributed by atoms with van der Waals surface area (Å²) >= 11 is 5.11. The summed E-state index contributed by atoms with van der Waals surface area (Å²) in [6, 6.07) is 7.85. The molecule has 4 heteroatoms. The van der Waals surface area contributed by atoms with Crippen LogP contribution in [0.15, 0.2) is 34.1 Å². The SMILES string of the molecule is CCc1ccsc1CNC(=O)c1cc(C)cc(Br)c1. The van der Waals surface area contributed by atoms with Crippen molar-refractivity contribution in [3.8, 4) is 0 Å². The molecule has 100 valence electrons. The lowest BCUT2D eigenvalue weighted by atomic mass is 10.1. The minimum atomic E-state index is -0.0279. The lowest BCUT2D eigenvalue weighted by molar-refractivity contribution is 0.0951. The van der Waals surface area contributed by atoms with Crippen molar-refractivity contribution < 1.29 is 4.79 Å². The minimum absolute atomic E-state index is 0.0279. The van der Waals surface area contributed by atoms with Gasteiger partial charge in [-0.2, -0.15) is 0 Å². The highest BCUT2D eigenvalue weighted by atomic mass is 79.9. The third-order valence-corrected chi connectivity index (χ3v) is 4.35. The van der Waals surface area contributed by atoms with Crippen LogP contribution in [0.4, 0.5) is 0 Å². The number of aryl methyl sites for hydroxylation is 2. The lowest BCUT2D eigenvalue weighted by Crippen LogP contribution is -2.22. The second-order valence-corrected chi connectivity index (χ2v) is 6.34. The normalized spacial score (nSPS) is 10.5. The van der Waals surface area contributed by atoms with E-state index in [4.69, 9.17) is 0 Å². The standard InChI is InChI=1S/C15H16BrNOS/c1-3-11-4-5-19-14(11)9-17-15(18)12-6-10(2)7-13(16)8-12/h4-8H,3,9H2,1-2H3,(H,17,18). The summed E-state index contributed by atoms with van der Waals surface area (Å²) in [5.74, 6) is -0.0279. The van der Waals surface area contributed by atoms with E-state index in [0.717, 1.165) is 16.5 Å². The van der Waals surface area contributed by atoms with Crippen LogP contribution < -0.4 is 5.32 Å². The highest BCUT2D eigenvalue weighted by Gasteiger charge is 2.08. The molecule has 19 heavy (non-hydrogen) atoms. The molecule has 0 aliphatic rings. The van der Waals surface area contributed by atoms with Crippen LogP contribution in [0.1, 0.15) is 33.3 Å². The van der Waals surface area contributed by atoms with E-state index in [1.54, 1.807) is 11.3 Å². The Hall–Kier alpha value is -1.13. The number of nitrogens with one attached hydrogen (secondary N) is 1. The van der Waals surface area contributed by atoms with E-state index < -0.39 is 0 Å². The Balaban J connectivity index is 2.05. The largest absolute Gasteiger partial charge is 0.347 e. The first kappa shape index (κ1) is 14.3. The summed E-state index contributed by atoms with van der Waals surface area (Å²) in [7, 11) is 0. The highest BCUT2D eigenvalue weighted by Crippen LogP contribution is 2.18. The van der Waals surface area contributed by atoms with Gasteiger partial charge in [0.2, 0.25) is 0 Å². The predicted octanol–water partition coefficient (Wildman–Crippen LogP) is 4.31. The Morgan fingerprint density at radius 3 is 2.84 bits per heavy atom. The van der Waals surface area contributed by atoms with Crippen LogP contribution in [0.5, 0.6) is 0 Å². The average Bonchev–Trinajstić information content (AvgIpc) is 2.82. The number of hydrogen-bond acceptors (Lipinski definition) is 2. The van der Waals surface area contributed by atoms with Crippen molar-refractivity contribution in [2.24, 2.45) is 0 Å². The number of amides is 1. The molecule has 0 aliphatic carbocycles. The number of thiophene rings is 1. The van der Waals surface area contributed by atoms with Gasteiger partial charge in [-0.05, 0) is 54.1 Å². The zero-order valence-corrected chi connectivity index (χ0v) is 13.4. The molecule has 2 rings (SSSR count). The number of carbonyl (C=O) groups excluding carboxylic acids is 1. The number of hydrogen-bond donors (Lipinski definition) is 1. The Bertz CT molecular complexity index is 571. The average molecular weight is 338 g/mol. The molecule has 1 aromatic heterocycles. The molecule has 0 fully saturated rings. The quantitative estimate of drug-likeness (QED) is 0.884. The molecule has 0 saturated carbocycles. The molecule has 1 heterocycles. The van der Waals surface area contributed by atoms with Crippen LogP contribution in [-0.2, 0) is 13.0 Å². The maximum absolute atomic E-state index is 12.1. The molecular weight excluding hydrogens is 322 g/mol. The van der Waals surface area contributed by atoms with Gasteiger partial charge in [-0.3, -0.25) is 4.79 Å². The molecule has 1 aromatic carbocycles. The topological polar surface area (TPSA) is 29.1 Å². The van der Waals surface area contributed by atoms with Crippen molar-refractivity contribution in [3.05, 3.63) is 55.7 Å². The second-order valence-electron chi connectivity index (χ2n) is 4.42. The van der Waals surface area contributed by atoms with Gasteiger partial charge in [0.15, 0.2) is 0 Å². The van der Waals surface area contributed by atoms with Crippen LogP contribution in [0.2, 0.25) is 0 Å². The Labute approximate surface area is 126 Å². The molecule has 0 saturated heterocycles. The number of carbonyl (C=O) groups is 1. The third kappa shape index (κ3) is 3.67. The first-order valence-corrected chi connectivity index (χ1v) is 7.88. The number of rotatable bonds is 4. The predicted molar refractivity (Wildman–Crippen MR) is 83.7 cm³/mol. The van der Waals surface area contributed by atoms with Gasteiger partial charge in [0.25, 0.3) is 5.91 Å². The molecule has 2 aromatic rings. The number of halogens is 1. The van der Waals surface area contributed by atoms with E-state index in [-0.39, 0.29) is 5.91 Å². The second kappa shape index (κ2) is 6.35. The maximum atomic E-state index is 12.1. The van der Waals surface area contributed by atoms with Crippen molar-refractivity contribution >= 4 is 33.2 Å². The van der Waals surface area contributed by atoms with Gasteiger partial charge < -0.3 is 5.32 Å². The summed E-state index contributed by atoms with van der Waals surface area (Å²) in [6.07, 6.45) is 1.00. The van der Waals surface area contributed by atoms with Crippen LogP contribution in [0, 0.1) is 6.92 Å². The summed E-state index contributed by atoms with van der Waals surface area (Å²) in [6.45, 7) is 4.71. The van der Waals surface area contributed by atoms with E-state index in [2.05, 4.69) is 39.6 Å². The fraction of sp³-hybridized carbons (Fsp3) is 0.267. The summed E-state index contributed by atoms with van der Waals surface area (Å²) in [5, 5.41) is 5.05. The zero-order chi connectivity index (χ0) is 13.8. The first-order valence-electron chi connectivity index (χ1n) is 6.20. The monoisotopic (exact) mass is 337 g/mol. The van der Waals surface area contributed by atoms with Crippen molar-refractivity contribution in [1.29, 1.82) is 0 Å². The number of benzene rings is 1. The molecule has 0 unspecified atom stereocenters. The highest BCUT2D eigenvalue weighted by molar-refractivity contribution is 9.10. The molecular formula is C15H16BrNOS. The summed E-state index contributed by atoms with van der Waals surface area (Å²) in [5.41, 5.74) is 3.09. The molecule has 1 amide bonds. The summed E-state index contributed by atoms with van der Waals surface area (Å²) in [4.78, 5) is 13.4. The van der Waals surface area contributed by atoms with Gasteiger partial charge in [-0.1, -0.05) is 22.9 Å². The molecule has 0 aliphatic heterocycles. The van der Waals surface area contributed by atoms with E-state index in [9.17, 15) is 4.79 Å². The van der Waals surface area contributed by atoms with Gasteiger partial charge in [-0.15, -0.1) is 11.3 Å². The Morgan fingerprint density at radius 1 is 1.37 bits per heavy atom. The van der Waals surface area contributed by atoms with Crippen molar-refractivity contribution in [2.75, 3.05) is 0 Å². The Morgan fingerprint density at radius 2 is 2.16 bits per heavy atom. The van der Waals surface area contributed by atoms with E-state index in [1.165, 1.54) is 10.4 Å². The van der Waals surface area contributed by atoms with Crippen LogP contribution in [0.25, 0.3) is 0 Å². The Kier molecular flexibility index (Phi) is 4.77. The van der Waals surface area contributed by atoms with Crippen LogP contribution in [-0.4, -0.2) is 5.91 Å². The fourth-order valence-corrected chi connectivity index (χ4v) is 3.49. The van der Waals surface area contributed by atoms with Crippen molar-refractivity contribution in [1.82, 2.24) is 5.32 Å². The van der Waals surface area contributed by atoms with E-state index in [0.29, 0.717) is 12.1 Å². The first-order chi connectivity index (χ1) is 9.10. The molecule has 0 radical (unpaired) electrons. The van der Waals surface area contributed by atoms with E-state index >= 15 is 0 Å². The lowest BCUT2D eigenvalue weighted by Gasteiger charge is -2.07. The smallest absolute Gasteiger partial charge is 0.251 e. The molecule has 2 nitrogen and oxygen atoms in total. The van der Waals surface area contributed by atoms with Gasteiger partial charge in [0.1, 0.15) is 0 Å². The summed E-state index contributed by atoms with van der Waals surface area (Å²) < 4.78 is 0.933. The van der Waals surface area contributed by atoms with Crippen LogP contribution in [0.3, 0.4) is 0 Å². The fourth-order valence-electron chi connectivity index (χ4n) is 1.97. The third-order valence-electron chi connectivity index (χ3n) is 2.93. The van der Waals surface area contributed by atoms with Crippen molar-refractivity contribution in [2.45, 2.75) is 26.8 Å². The van der Waals surface area contributed by atoms with Crippen LogP contribution >= 0.6 is 27.3 Å². The maximum Gasteiger partial charge on any atom is 0.251 e. The van der Waals surface area contributed by atoms with Gasteiger partial charge in [-0.25, -0.2) is 0 Å². The molecule has 1 N–H and O–H groups in total. The molecule has 0 spiro atoms. The molecule has 0 bridgehead atoms. The molecule has 0 atom stereocenters. The zero-order valence-electron chi connectivity index (χ0n) is 11.0. The van der Waals surface area contributed by atoms with Crippen molar-refractivity contribution in [3.63, 3.8) is 0 Å².